The van der Waals surface area contributed by atoms with Crippen LogP contribution in [0.1, 0.15) is 37.7 Å². The molecule has 0 atom stereocenters. The van der Waals surface area contributed by atoms with E-state index in [0.717, 1.165) is 36.9 Å². The molecule has 0 bridgehead atoms. The second kappa shape index (κ2) is 7.11. The van der Waals surface area contributed by atoms with Crippen molar-refractivity contribution in [1.29, 1.82) is 0 Å². The van der Waals surface area contributed by atoms with Gasteiger partial charge in [-0.2, -0.15) is 0 Å². The molecule has 114 valence electrons. The molecule has 0 saturated heterocycles. The first kappa shape index (κ1) is 15.4. The third-order valence-corrected chi connectivity index (χ3v) is 4.17. The molecule has 1 saturated carbocycles. The smallest absolute Gasteiger partial charge is 0.220 e. The minimum absolute atomic E-state index is 0.0257. The number of nitrogen functional groups attached to an aromatic ring is 1. The van der Waals surface area contributed by atoms with Crippen molar-refractivity contribution in [3.8, 4) is 0 Å². The summed E-state index contributed by atoms with van der Waals surface area (Å²) in [6, 6.07) is 7.77. The molecule has 0 aliphatic heterocycles. The summed E-state index contributed by atoms with van der Waals surface area (Å²) in [6.07, 6.45) is 4.27. The van der Waals surface area contributed by atoms with Crippen LogP contribution >= 0.6 is 0 Å². The molecular weight excluding hydrogens is 266 g/mol. The van der Waals surface area contributed by atoms with E-state index >= 15 is 0 Å². The van der Waals surface area contributed by atoms with Crippen LogP contribution < -0.4 is 16.8 Å². The summed E-state index contributed by atoms with van der Waals surface area (Å²) in [7, 11) is 0. The number of para-hydroxylation sites is 1. The number of nitrogens with one attached hydrogen (secondary N) is 1. The number of benzene rings is 1. The van der Waals surface area contributed by atoms with Gasteiger partial charge in [0.05, 0.1) is 0 Å². The summed E-state index contributed by atoms with van der Waals surface area (Å²) < 4.78 is 0. The Morgan fingerprint density at radius 2 is 1.81 bits per heavy atom. The van der Waals surface area contributed by atoms with Crippen molar-refractivity contribution in [3.63, 3.8) is 0 Å². The Morgan fingerprint density at radius 3 is 2.43 bits per heavy atom. The summed E-state index contributed by atoms with van der Waals surface area (Å²) in [5.74, 6) is -0.206. The molecule has 0 heterocycles. The minimum Gasteiger partial charge on any atom is -0.399 e. The lowest BCUT2D eigenvalue weighted by molar-refractivity contribution is -0.123. The average molecular weight is 289 g/mol. The molecule has 5 nitrogen and oxygen atoms in total. The lowest BCUT2D eigenvalue weighted by Gasteiger charge is -2.27. The van der Waals surface area contributed by atoms with Gasteiger partial charge in [-0.1, -0.05) is 18.2 Å². The Balaban J connectivity index is 1.73. The quantitative estimate of drug-likeness (QED) is 0.714. The molecule has 1 fully saturated rings. The van der Waals surface area contributed by atoms with Crippen molar-refractivity contribution >= 4 is 17.5 Å². The van der Waals surface area contributed by atoms with E-state index in [1.165, 1.54) is 0 Å². The maximum absolute atomic E-state index is 12.0. The van der Waals surface area contributed by atoms with E-state index in [0.29, 0.717) is 12.8 Å². The van der Waals surface area contributed by atoms with Crippen molar-refractivity contribution < 1.29 is 9.59 Å². The molecule has 5 N–H and O–H groups in total. The normalized spacial score (nSPS) is 21.7. The van der Waals surface area contributed by atoms with Crippen LogP contribution in [0.15, 0.2) is 24.3 Å². The number of hydrogen-bond acceptors (Lipinski definition) is 3. The van der Waals surface area contributed by atoms with Gasteiger partial charge in [0, 0.05) is 24.1 Å². The second-order valence-electron chi connectivity index (χ2n) is 5.72. The standard InChI is InChI=1S/C16H23N3O2/c17-14-4-2-1-3-11(14)7-10-15(20)19-13-8-5-12(6-9-13)16(18)21/h1-4,12-13H,5-10,17H2,(H2,18,21)(H,19,20). The molecular formula is C16H23N3O2. The van der Waals surface area contributed by atoms with Crippen LogP contribution in [0.25, 0.3) is 0 Å². The van der Waals surface area contributed by atoms with E-state index in [9.17, 15) is 9.59 Å². The van der Waals surface area contributed by atoms with Crippen LogP contribution in [0.4, 0.5) is 5.69 Å². The molecule has 0 radical (unpaired) electrons. The van der Waals surface area contributed by atoms with E-state index in [-0.39, 0.29) is 23.8 Å². The molecule has 5 heteroatoms. The highest BCUT2D eigenvalue weighted by atomic mass is 16.2. The van der Waals surface area contributed by atoms with Crippen LogP contribution in [0.5, 0.6) is 0 Å². The fourth-order valence-corrected chi connectivity index (χ4v) is 2.83. The Morgan fingerprint density at radius 1 is 1.14 bits per heavy atom. The molecule has 0 spiro atoms. The van der Waals surface area contributed by atoms with Gasteiger partial charge in [0.1, 0.15) is 0 Å². The zero-order valence-corrected chi connectivity index (χ0v) is 12.2. The number of carbonyl (C=O) groups is 2. The van der Waals surface area contributed by atoms with Gasteiger partial charge in [-0.3, -0.25) is 9.59 Å². The number of hydrogen-bond donors (Lipinski definition) is 3. The molecule has 1 aliphatic rings. The van der Waals surface area contributed by atoms with Gasteiger partial charge in [0.25, 0.3) is 0 Å². The van der Waals surface area contributed by atoms with Gasteiger partial charge in [-0.25, -0.2) is 0 Å². The summed E-state index contributed by atoms with van der Waals surface area (Å²) >= 11 is 0. The topological polar surface area (TPSA) is 98.2 Å². The third-order valence-electron chi connectivity index (χ3n) is 4.17. The van der Waals surface area contributed by atoms with Gasteiger partial charge in [0.15, 0.2) is 0 Å². The summed E-state index contributed by atoms with van der Waals surface area (Å²) in [5.41, 5.74) is 12.9. The highest BCUT2D eigenvalue weighted by Crippen LogP contribution is 2.24. The van der Waals surface area contributed by atoms with E-state index in [2.05, 4.69) is 5.32 Å². The van der Waals surface area contributed by atoms with E-state index in [4.69, 9.17) is 11.5 Å². The highest BCUT2D eigenvalue weighted by Gasteiger charge is 2.25. The summed E-state index contributed by atoms with van der Waals surface area (Å²) in [4.78, 5) is 23.1. The SMILES string of the molecule is NC(=O)C1CCC(NC(=O)CCc2ccccc2N)CC1. The maximum Gasteiger partial charge on any atom is 0.220 e. The third kappa shape index (κ3) is 4.48. The first-order valence-electron chi connectivity index (χ1n) is 7.48. The van der Waals surface area contributed by atoms with Crippen LogP contribution in [-0.4, -0.2) is 17.9 Å². The van der Waals surface area contributed by atoms with Gasteiger partial charge < -0.3 is 16.8 Å². The van der Waals surface area contributed by atoms with Gasteiger partial charge in [-0.05, 0) is 43.7 Å². The number of anilines is 1. The average Bonchev–Trinajstić information content (AvgIpc) is 2.47. The lowest BCUT2D eigenvalue weighted by atomic mass is 9.85. The summed E-state index contributed by atoms with van der Waals surface area (Å²) in [6.45, 7) is 0. The molecule has 21 heavy (non-hydrogen) atoms. The Hall–Kier alpha value is -2.04. The Labute approximate surface area is 125 Å². The number of primary amides is 1. The van der Waals surface area contributed by atoms with Crippen molar-refractivity contribution in [2.75, 3.05) is 5.73 Å². The fourth-order valence-electron chi connectivity index (χ4n) is 2.83. The van der Waals surface area contributed by atoms with Crippen LogP contribution in [0.3, 0.4) is 0 Å². The van der Waals surface area contributed by atoms with Crippen LogP contribution in [0.2, 0.25) is 0 Å². The van der Waals surface area contributed by atoms with Gasteiger partial charge in [-0.15, -0.1) is 0 Å². The molecule has 1 aliphatic carbocycles. The maximum atomic E-state index is 12.0. The molecule has 2 amide bonds. The van der Waals surface area contributed by atoms with Crippen molar-refractivity contribution in [3.05, 3.63) is 29.8 Å². The van der Waals surface area contributed by atoms with E-state index in [1.54, 1.807) is 0 Å². The molecule has 0 unspecified atom stereocenters. The lowest BCUT2D eigenvalue weighted by Crippen LogP contribution is -2.39. The first-order chi connectivity index (χ1) is 10.1. The largest absolute Gasteiger partial charge is 0.399 e. The van der Waals surface area contributed by atoms with Crippen molar-refractivity contribution in [2.45, 2.75) is 44.6 Å². The van der Waals surface area contributed by atoms with Crippen LogP contribution in [0, 0.1) is 5.92 Å². The Kier molecular flexibility index (Phi) is 5.20. The van der Waals surface area contributed by atoms with Crippen LogP contribution in [-0.2, 0) is 16.0 Å². The van der Waals surface area contributed by atoms with Gasteiger partial charge >= 0.3 is 0 Å². The van der Waals surface area contributed by atoms with Crippen molar-refractivity contribution in [2.24, 2.45) is 11.7 Å². The minimum atomic E-state index is -0.223. The number of nitrogens with two attached hydrogens (primary N) is 2. The first-order valence-corrected chi connectivity index (χ1v) is 7.48. The predicted octanol–water partition coefficient (Wildman–Crippen LogP) is 1.36. The molecule has 1 aromatic rings. The highest BCUT2D eigenvalue weighted by molar-refractivity contribution is 5.77. The van der Waals surface area contributed by atoms with Crippen molar-refractivity contribution in [1.82, 2.24) is 5.32 Å². The van der Waals surface area contributed by atoms with E-state index < -0.39 is 0 Å². The Bertz CT molecular complexity index is 508. The zero-order valence-electron chi connectivity index (χ0n) is 12.2. The number of carbonyl (C=O) groups excluding carboxylic acids is 2. The zero-order chi connectivity index (χ0) is 15.2. The molecule has 2 rings (SSSR count). The molecule has 1 aromatic carbocycles. The fraction of sp³-hybridized carbons (Fsp3) is 0.500. The van der Waals surface area contributed by atoms with E-state index in [1.807, 2.05) is 24.3 Å². The van der Waals surface area contributed by atoms with Gasteiger partial charge in [0.2, 0.25) is 11.8 Å². The number of rotatable bonds is 5. The number of amides is 2. The predicted molar refractivity (Wildman–Crippen MR) is 82.3 cm³/mol. The monoisotopic (exact) mass is 289 g/mol. The number of aryl methyl sites for hydroxylation is 1. The molecule has 0 aromatic heterocycles. The summed E-state index contributed by atoms with van der Waals surface area (Å²) in [5, 5.41) is 3.04. The second-order valence-corrected chi connectivity index (χ2v) is 5.72.